The number of anilines is 3. The molecule has 2 aromatic heterocycles. The fraction of sp³-hybridized carbons (Fsp3) is 0.222. The number of rotatable bonds is 8. The summed E-state index contributed by atoms with van der Waals surface area (Å²) in [5.74, 6) is 7.07. The molecule has 0 saturated carbocycles. The lowest BCUT2D eigenvalue weighted by atomic mass is 10.2. The first-order valence-electron chi connectivity index (χ1n) is 8.07. The number of nitrogens with zero attached hydrogens (tertiary/aromatic N) is 3. The number of aromatic nitrogens is 2. The van der Waals surface area contributed by atoms with Crippen LogP contribution < -0.4 is 27.6 Å². The van der Waals surface area contributed by atoms with Crippen molar-refractivity contribution in [1.29, 1.82) is 0 Å². The van der Waals surface area contributed by atoms with Crippen molar-refractivity contribution in [2.75, 3.05) is 36.6 Å². The fourth-order valence-corrected chi connectivity index (χ4v) is 2.33. The molecule has 0 aliphatic heterocycles. The number of likely N-dealkylation sites (N-methyl/N-ethyl adjacent to an activating group) is 1. The molecule has 138 valence electrons. The first-order chi connectivity index (χ1) is 12.4. The zero-order valence-electron chi connectivity index (χ0n) is 15.1. The Morgan fingerprint density at radius 1 is 1.38 bits per heavy atom. The van der Waals surface area contributed by atoms with Crippen LogP contribution in [0.5, 0.6) is 0 Å². The van der Waals surface area contributed by atoms with Crippen molar-refractivity contribution in [3.63, 3.8) is 0 Å². The Kier molecular flexibility index (Phi) is 6.54. The van der Waals surface area contributed by atoms with E-state index in [-0.39, 0.29) is 5.95 Å². The van der Waals surface area contributed by atoms with E-state index in [1.54, 1.807) is 12.1 Å². The third kappa shape index (κ3) is 4.95. The summed E-state index contributed by atoms with van der Waals surface area (Å²) in [4.78, 5) is 8.31. The molecule has 0 aliphatic rings. The average Bonchev–Trinajstić information content (AvgIpc) is 3.11. The van der Waals surface area contributed by atoms with Gasteiger partial charge in [-0.3, -0.25) is 5.01 Å². The minimum Gasteiger partial charge on any atom is -0.463 e. The third-order valence-electron chi connectivity index (χ3n) is 3.51. The maximum absolute atomic E-state index is 6.18. The van der Waals surface area contributed by atoms with Crippen LogP contribution in [0, 0.1) is 0 Å². The fourth-order valence-electron chi connectivity index (χ4n) is 2.33. The van der Waals surface area contributed by atoms with Gasteiger partial charge in [-0.1, -0.05) is 30.4 Å². The number of hydrogen-bond donors (Lipinski definition) is 4. The third-order valence-corrected chi connectivity index (χ3v) is 3.51. The molecule has 7 N–H and O–H groups in total. The molecule has 2 heterocycles. The van der Waals surface area contributed by atoms with E-state index in [1.165, 1.54) is 11.3 Å². The van der Waals surface area contributed by atoms with Crippen LogP contribution in [0.1, 0.15) is 6.92 Å². The lowest BCUT2D eigenvalue weighted by molar-refractivity contribution is 0.580. The molecule has 26 heavy (non-hydrogen) atoms. The maximum atomic E-state index is 6.18. The number of hydrazine groups is 1. The van der Waals surface area contributed by atoms with Gasteiger partial charge in [-0.2, -0.15) is 4.98 Å². The summed E-state index contributed by atoms with van der Waals surface area (Å²) in [5.41, 5.74) is 14.7. The van der Waals surface area contributed by atoms with Crippen LogP contribution in [-0.4, -0.2) is 30.1 Å². The van der Waals surface area contributed by atoms with Gasteiger partial charge in [-0.05, 0) is 31.7 Å². The van der Waals surface area contributed by atoms with E-state index >= 15 is 0 Å². The first-order valence-corrected chi connectivity index (χ1v) is 8.07. The zero-order valence-corrected chi connectivity index (χ0v) is 15.1. The monoisotopic (exact) mass is 355 g/mol. The average molecular weight is 355 g/mol. The van der Waals surface area contributed by atoms with Gasteiger partial charge >= 0.3 is 0 Å². The summed E-state index contributed by atoms with van der Waals surface area (Å²) < 4.78 is 5.35. The predicted octanol–water partition coefficient (Wildman–Crippen LogP) is 1.86. The smallest absolute Gasteiger partial charge is 0.222 e. The molecule has 0 fully saturated rings. The van der Waals surface area contributed by atoms with Gasteiger partial charge < -0.3 is 21.2 Å². The predicted molar refractivity (Wildman–Crippen MR) is 106 cm³/mol. The number of nitrogens with one attached hydrogen (secondary N) is 1. The highest BCUT2D eigenvalue weighted by Crippen LogP contribution is 2.31. The number of nitrogens with two attached hydrogens (primary N) is 3. The van der Waals surface area contributed by atoms with E-state index in [0.717, 1.165) is 17.7 Å². The van der Waals surface area contributed by atoms with Crippen LogP contribution in [0.3, 0.4) is 0 Å². The summed E-state index contributed by atoms with van der Waals surface area (Å²) in [6.45, 7) is 7.05. The summed E-state index contributed by atoms with van der Waals surface area (Å²) in [5, 5.41) is 4.47. The van der Waals surface area contributed by atoms with Crippen LogP contribution in [0.15, 0.2) is 58.8 Å². The van der Waals surface area contributed by atoms with Crippen molar-refractivity contribution < 1.29 is 4.42 Å². The van der Waals surface area contributed by atoms with Gasteiger partial charge in [0.25, 0.3) is 0 Å². The maximum Gasteiger partial charge on any atom is 0.222 e. The lowest BCUT2D eigenvalue weighted by Crippen LogP contribution is -2.34. The number of allylic oxidation sites excluding steroid dienone is 2. The molecule has 0 aliphatic carbocycles. The van der Waals surface area contributed by atoms with Crippen molar-refractivity contribution in [3.8, 4) is 11.5 Å². The molecular formula is C18H25N7O. The Hall–Kier alpha value is -3.10. The van der Waals surface area contributed by atoms with Gasteiger partial charge in [0.05, 0.1) is 12.8 Å². The molecule has 0 spiro atoms. The van der Waals surface area contributed by atoms with Crippen LogP contribution in [0.25, 0.3) is 11.5 Å². The molecule has 0 aromatic carbocycles. The Morgan fingerprint density at radius 3 is 2.81 bits per heavy atom. The highest BCUT2D eigenvalue weighted by Gasteiger charge is 2.17. The highest BCUT2D eigenvalue weighted by atomic mass is 16.3. The Labute approximate surface area is 153 Å². The van der Waals surface area contributed by atoms with Crippen LogP contribution in [-0.2, 0) is 0 Å². The molecule has 2 rings (SSSR count). The number of furan rings is 1. The van der Waals surface area contributed by atoms with Crippen molar-refractivity contribution in [2.45, 2.75) is 6.92 Å². The molecule has 0 saturated heterocycles. The van der Waals surface area contributed by atoms with Crippen LogP contribution in [0.2, 0.25) is 0 Å². The number of nitrogen functional groups attached to an aromatic ring is 2. The van der Waals surface area contributed by atoms with Gasteiger partial charge in [0.2, 0.25) is 5.95 Å². The van der Waals surface area contributed by atoms with Crippen molar-refractivity contribution in [3.05, 3.63) is 54.3 Å². The molecule has 8 heteroatoms. The Morgan fingerprint density at radius 2 is 2.15 bits per heavy atom. The summed E-state index contributed by atoms with van der Waals surface area (Å²) in [6, 6.07) is 3.49. The summed E-state index contributed by atoms with van der Waals surface area (Å²) >= 11 is 0. The van der Waals surface area contributed by atoms with E-state index < -0.39 is 0 Å². The van der Waals surface area contributed by atoms with Gasteiger partial charge in [0.1, 0.15) is 11.4 Å². The normalized spacial score (nSPS) is 11.9. The van der Waals surface area contributed by atoms with E-state index in [9.17, 15) is 0 Å². The van der Waals surface area contributed by atoms with Crippen LogP contribution >= 0.6 is 0 Å². The number of hydrogen-bond acceptors (Lipinski definition) is 8. The zero-order chi connectivity index (χ0) is 19.1. The molecule has 0 bridgehead atoms. The van der Waals surface area contributed by atoms with E-state index in [2.05, 4.69) is 21.9 Å². The van der Waals surface area contributed by atoms with E-state index in [4.69, 9.17) is 21.7 Å². The van der Waals surface area contributed by atoms with E-state index in [1.807, 2.05) is 32.2 Å². The second kappa shape index (κ2) is 8.84. The second-order valence-electron chi connectivity index (χ2n) is 5.83. The minimum absolute atomic E-state index is 0.0703. The topological polar surface area (TPSA) is 132 Å². The standard InChI is InChI=1S/C18H25N7O/c1-12(10-22-3)6-4-7-13(2)11-25(21)17-15(19)16(23-18(20)24-17)14-8-5-9-26-14/h4-9,22H,1,10-11,19,21H2,2-3H3,(H2,20,23,24)/b6-4-,13-7+. The van der Waals surface area contributed by atoms with Crippen LogP contribution in [0.4, 0.5) is 17.5 Å². The Bertz CT molecular complexity index is 809. The van der Waals surface area contributed by atoms with Crippen molar-refractivity contribution in [2.24, 2.45) is 5.84 Å². The largest absolute Gasteiger partial charge is 0.463 e. The highest BCUT2D eigenvalue weighted by molar-refractivity contribution is 5.79. The molecule has 0 atom stereocenters. The molecule has 2 aromatic rings. The SMILES string of the molecule is C=C(/C=C\C=C(/C)CN(N)c1nc(N)nc(-c2ccco2)c1N)CNC. The summed E-state index contributed by atoms with van der Waals surface area (Å²) in [6.07, 6.45) is 7.35. The summed E-state index contributed by atoms with van der Waals surface area (Å²) in [7, 11) is 1.88. The van der Waals surface area contributed by atoms with Gasteiger partial charge in [0.15, 0.2) is 11.6 Å². The molecular weight excluding hydrogens is 330 g/mol. The van der Waals surface area contributed by atoms with Gasteiger partial charge in [-0.25, -0.2) is 10.8 Å². The lowest BCUT2D eigenvalue weighted by Gasteiger charge is -2.20. The minimum atomic E-state index is 0.0703. The quantitative estimate of drug-likeness (QED) is 0.320. The van der Waals surface area contributed by atoms with Crippen molar-refractivity contribution in [1.82, 2.24) is 15.3 Å². The first kappa shape index (κ1) is 19.2. The molecule has 0 amide bonds. The van der Waals surface area contributed by atoms with Gasteiger partial charge in [0, 0.05) is 6.54 Å². The Balaban J connectivity index is 2.17. The van der Waals surface area contributed by atoms with Crippen molar-refractivity contribution >= 4 is 17.5 Å². The second-order valence-corrected chi connectivity index (χ2v) is 5.83. The molecule has 0 unspecified atom stereocenters. The van der Waals surface area contributed by atoms with E-state index in [0.29, 0.717) is 29.5 Å². The molecule has 0 radical (unpaired) electrons. The van der Waals surface area contributed by atoms with Gasteiger partial charge in [-0.15, -0.1) is 0 Å². The molecule has 8 nitrogen and oxygen atoms in total.